The molecule has 0 heteroatoms. The van der Waals surface area contributed by atoms with Crippen molar-refractivity contribution in [1.29, 1.82) is 0 Å². The van der Waals surface area contributed by atoms with Gasteiger partial charge < -0.3 is 0 Å². The largest absolute Gasteiger partial charge is 0.101 e. The van der Waals surface area contributed by atoms with E-state index in [1.165, 1.54) is 12.0 Å². The number of rotatable bonds is 3. The molecule has 0 aromatic heterocycles. The van der Waals surface area contributed by atoms with E-state index in [4.69, 9.17) is 0 Å². The van der Waals surface area contributed by atoms with E-state index < -0.39 is 0 Å². The molecule has 0 amide bonds. The summed E-state index contributed by atoms with van der Waals surface area (Å²) in [6.07, 6.45) is 11.7. The van der Waals surface area contributed by atoms with Gasteiger partial charge in [0.2, 0.25) is 0 Å². The molecule has 0 nitrogen and oxygen atoms in total. The first-order valence-electron chi connectivity index (χ1n) is 9.78. The third-order valence-electron chi connectivity index (χ3n) is 4.24. The predicted molar refractivity (Wildman–Crippen MR) is 120 cm³/mol. The van der Waals surface area contributed by atoms with Crippen LogP contribution < -0.4 is 0 Å². The molecule has 0 radical (unpaired) electrons. The van der Waals surface area contributed by atoms with Crippen LogP contribution in [0.15, 0.2) is 53.6 Å². The summed E-state index contributed by atoms with van der Waals surface area (Å²) < 4.78 is 0. The van der Waals surface area contributed by atoms with Gasteiger partial charge in [-0.05, 0) is 80.4 Å². The summed E-state index contributed by atoms with van der Waals surface area (Å²) in [5.74, 6) is 24.8. The van der Waals surface area contributed by atoms with E-state index in [-0.39, 0.29) is 0 Å². The summed E-state index contributed by atoms with van der Waals surface area (Å²) in [5.41, 5.74) is 5.37. The minimum absolute atomic E-state index is 0.302. The second-order valence-corrected chi connectivity index (χ2v) is 6.66. The van der Waals surface area contributed by atoms with Crippen LogP contribution in [0.1, 0.15) is 57.2 Å². The lowest BCUT2D eigenvalue weighted by atomic mass is 9.99. The summed E-state index contributed by atoms with van der Waals surface area (Å²) in [5, 5.41) is 0. The molecule has 0 saturated carbocycles. The fourth-order valence-electron chi connectivity index (χ4n) is 2.93. The molecule has 0 fully saturated rings. The number of hydrogen-bond acceptors (Lipinski definition) is 0. The third kappa shape index (κ3) is 6.77. The van der Waals surface area contributed by atoms with Gasteiger partial charge in [-0.3, -0.25) is 0 Å². The maximum atomic E-state index is 3.19. The minimum atomic E-state index is 0.302. The molecule has 1 aliphatic carbocycles. The Hall–Kier alpha value is -3.32. The van der Waals surface area contributed by atoms with Crippen molar-refractivity contribution in [3.63, 3.8) is 0 Å². The molecule has 0 bridgehead atoms. The molecule has 1 aliphatic rings. The van der Waals surface area contributed by atoms with Crippen LogP contribution in [-0.2, 0) is 6.42 Å². The maximum Gasteiger partial charge on any atom is 0.0278 e. The molecule has 28 heavy (non-hydrogen) atoms. The molecule has 1 atom stereocenters. The van der Waals surface area contributed by atoms with E-state index in [2.05, 4.69) is 85.5 Å². The quantitative estimate of drug-likeness (QED) is 0.593. The highest BCUT2D eigenvalue weighted by Gasteiger charge is 2.02. The first-order chi connectivity index (χ1) is 13.7. The maximum absolute atomic E-state index is 3.19. The molecular formula is C28H26. The van der Waals surface area contributed by atoms with Crippen LogP contribution in [0.25, 0.3) is 0 Å². The van der Waals surface area contributed by atoms with Crippen LogP contribution >= 0.6 is 0 Å². The van der Waals surface area contributed by atoms with Crippen LogP contribution in [-0.4, -0.2) is 0 Å². The number of benzene rings is 1. The highest BCUT2D eigenvalue weighted by molar-refractivity contribution is 5.52. The third-order valence-corrected chi connectivity index (χ3v) is 4.24. The van der Waals surface area contributed by atoms with Crippen molar-refractivity contribution in [2.75, 3.05) is 0 Å². The lowest BCUT2D eigenvalue weighted by molar-refractivity contribution is 0.793. The first kappa shape index (κ1) is 21.0. The molecule has 0 spiro atoms. The summed E-state index contributed by atoms with van der Waals surface area (Å²) >= 11 is 0. The van der Waals surface area contributed by atoms with Crippen molar-refractivity contribution < 1.29 is 0 Å². The molecule has 2 rings (SSSR count). The van der Waals surface area contributed by atoms with E-state index in [1.54, 1.807) is 0 Å². The zero-order chi connectivity index (χ0) is 20.2. The molecule has 1 aromatic carbocycles. The molecule has 0 heterocycles. The van der Waals surface area contributed by atoms with Gasteiger partial charge in [0.15, 0.2) is 0 Å². The fourth-order valence-corrected chi connectivity index (χ4v) is 2.93. The second-order valence-electron chi connectivity index (χ2n) is 6.66. The summed E-state index contributed by atoms with van der Waals surface area (Å²) in [4.78, 5) is 0. The Morgan fingerprint density at radius 1 is 0.857 bits per heavy atom. The molecule has 0 N–H and O–H groups in total. The van der Waals surface area contributed by atoms with Crippen LogP contribution in [0.2, 0.25) is 0 Å². The van der Waals surface area contributed by atoms with Crippen molar-refractivity contribution in [1.82, 2.24) is 0 Å². The average Bonchev–Trinajstić information content (AvgIpc) is 2.86. The number of aryl methyl sites for hydroxylation is 1. The van der Waals surface area contributed by atoms with Crippen LogP contribution in [0.4, 0.5) is 0 Å². The van der Waals surface area contributed by atoms with Crippen molar-refractivity contribution in [3.8, 4) is 47.4 Å². The lowest BCUT2D eigenvalue weighted by Gasteiger charge is -2.04. The number of allylic oxidation sites excluding steroid dienone is 6. The molecular weight excluding hydrogens is 336 g/mol. The zero-order valence-electron chi connectivity index (χ0n) is 17.2. The van der Waals surface area contributed by atoms with Crippen LogP contribution in [0, 0.1) is 53.3 Å². The van der Waals surface area contributed by atoms with E-state index in [0.29, 0.717) is 5.92 Å². The standard InChI is InChI=1S/C28H26/c1-5-8-15-28-22-26(18-19-27(28)12-7-3)14-10-9-13-25-17-16-24(11-6-2)20-23(4)21-25/h16-23H,5,8,15H2,1-4H3. The average molecular weight is 363 g/mol. The minimum Gasteiger partial charge on any atom is -0.101 e. The highest BCUT2D eigenvalue weighted by atomic mass is 14.1. The predicted octanol–water partition coefficient (Wildman–Crippen LogP) is 5.84. The van der Waals surface area contributed by atoms with E-state index >= 15 is 0 Å². The molecule has 138 valence electrons. The van der Waals surface area contributed by atoms with E-state index in [1.807, 2.05) is 32.1 Å². The van der Waals surface area contributed by atoms with Gasteiger partial charge in [-0.1, -0.05) is 56.1 Å². The van der Waals surface area contributed by atoms with Crippen molar-refractivity contribution in [3.05, 3.63) is 70.3 Å². The van der Waals surface area contributed by atoms with E-state index in [0.717, 1.165) is 35.1 Å². The Morgan fingerprint density at radius 2 is 1.54 bits per heavy atom. The highest BCUT2D eigenvalue weighted by Crippen LogP contribution is 2.15. The smallest absolute Gasteiger partial charge is 0.0278 e. The van der Waals surface area contributed by atoms with Crippen molar-refractivity contribution >= 4 is 0 Å². The Balaban J connectivity index is 2.18. The monoisotopic (exact) mass is 362 g/mol. The topological polar surface area (TPSA) is 0 Å². The van der Waals surface area contributed by atoms with Crippen molar-refractivity contribution in [2.45, 2.75) is 47.0 Å². The first-order valence-corrected chi connectivity index (χ1v) is 9.78. The van der Waals surface area contributed by atoms with Gasteiger partial charge in [-0.25, -0.2) is 0 Å². The number of hydrogen-bond donors (Lipinski definition) is 0. The van der Waals surface area contributed by atoms with Gasteiger partial charge in [0, 0.05) is 22.3 Å². The molecule has 1 unspecified atom stereocenters. The van der Waals surface area contributed by atoms with Gasteiger partial charge in [-0.15, -0.1) is 11.8 Å². The molecule has 0 aliphatic heterocycles. The van der Waals surface area contributed by atoms with Gasteiger partial charge in [0.1, 0.15) is 0 Å². The van der Waals surface area contributed by atoms with E-state index in [9.17, 15) is 0 Å². The summed E-state index contributed by atoms with van der Waals surface area (Å²) in [6.45, 7) is 8.06. The summed E-state index contributed by atoms with van der Waals surface area (Å²) in [6, 6.07) is 6.24. The molecule has 0 saturated heterocycles. The van der Waals surface area contributed by atoms with Crippen LogP contribution in [0.5, 0.6) is 0 Å². The number of unbranched alkanes of at least 4 members (excludes halogenated alkanes) is 1. The Labute approximate surface area is 170 Å². The second kappa shape index (κ2) is 11.4. The zero-order valence-corrected chi connectivity index (χ0v) is 17.2. The molecule has 1 aromatic rings. The van der Waals surface area contributed by atoms with Gasteiger partial charge in [-0.2, -0.15) is 0 Å². The van der Waals surface area contributed by atoms with Gasteiger partial charge in [0.05, 0.1) is 0 Å². The Morgan fingerprint density at radius 3 is 2.21 bits per heavy atom. The van der Waals surface area contributed by atoms with Crippen LogP contribution in [0.3, 0.4) is 0 Å². The van der Waals surface area contributed by atoms with Crippen molar-refractivity contribution in [2.24, 2.45) is 5.92 Å². The Kier molecular flexibility index (Phi) is 8.55. The lowest BCUT2D eigenvalue weighted by Crippen LogP contribution is -1.92. The SMILES string of the molecule is CC#CC1=CC(C)C=C(C#CC#Cc2ccc(C#CC)c(CCCC)c2)C=C1. The Bertz CT molecular complexity index is 1040. The normalized spacial score (nSPS) is 14.4. The van der Waals surface area contributed by atoms with Gasteiger partial charge in [0.25, 0.3) is 0 Å². The fraction of sp³-hybridized carbons (Fsp3) is 0.286. The summed E-state index contributed by atoms with van der Waals surface area (Å²) in [7, 11) is 0. The van der Waals surface area contributed by atoms with Gasteiger partial charge >= 0.3 is 0 Å².